The van der Waals surface area contributed by atoms with E-state index in [4.69, 9.17) is 11.6 Å². The molecule has 0 unspecified atom stereocenters. The molecule has 0 fully saturated rings. The Morgan fingerprint density at radius 1 is 0.975 bits per heavy atom. The molecule has 2 amide bonds. The van der Waals surface area contributed by atoms with Gasteiger partial charge in [-0.1, -0.05) is 84.8 Å². The summed E-state index contributed by atoms with van der Waals surface area (Å²) in [5.41, 5.74) is 3.66. The maximum Gasteiger partial charge on any atom is 0.244 e. The van der Waals surface area contributed by atoms with Crippen molar-refractivity contribution in [3.63, 3.8) is 0 Å². The van der Waals surface area contributed by atoms with Gasteiger partial charge in [-0.2, -0.15) is 0 Å². The Hall–Kier alpha value is -3.36. The lowest BCUT2D eigenvalue weighted by molar-refractivity contribution is -0.140. The van der Waals surface area contributed by atoms with Crippen LogP contribution in [-0.4, -0.2) is 50.0 Å². The molecule has 0 aliphatic rings. The van der Waals surface area contributed by atoms with E-state index in [-0.39, 0.29) is 24.9 Å². The van der Waals surface area contributed by atoms with Crippen molar-refractivity contribution in [1.29, 1.82) is 0 Å². The molecule has 2 atom stereocenters. The van der Waals surface area contributed by atoms with Crippen molar-refractivity contribution < 1.29 is 18.0 Å². The van der Waals surface area contributed by atoms with Gasteiger partial charge < -0.3 is 10.2 Å². The first kappa shape index (κ1) is 31.2. The first-order chi connectivity index (χ1) is 18.9. The summed E-state index contributed by atoms with van der Waals surface area (Å²) in [6, 6.07) is 21.0. The fourth-order valence-corrected chi connectivity index (χ4v) is 5.59. The molecule has 7 nitrogen and oxygen atoms in total. The second-order valence-electron chi connectivity index (χ2n) is 10.2. The Labute approximate surface area is 243 Å². The molecule has 3 aromatic carbocycles. The summed E-state index contributed by atoms with van der Waals surface area (Å²) in [5.74, 6) is -0.818. The average Bonchev–Trinajstić information content (AvgIpc) is 2.90. The maximum absolute atomic E-state index is 14.2. The highest BCUT2D eigenvalue weighted by Gasteiger charge is 2.34. The number of hydrogen-bond donors (Lipinski definition) is 1. The van der Waals surface area contributed by atoms with Gasteiger partial charge in [0.05, 0.1) is 11.9 Å². The van der Waals surface area contributed by atoms with Crippen LogP contribution in [0.2, 0.25) is 5.02 Å². The molecule has 1 N–H and O–H groups in total. The van der Waals surface area contributed by atoms with Crippen molar-refractivity contribution in [3.8, 4) is 0 Å². The second kappa shape index (κ2) is 13.8. The number of aryl methyl sites for hydroxylation is 2. The van der Waals surface area contributed by atoms with E-state index in [1.165, 1.54) is 4.90 Å². The summed E-state index contributed by atoms with van der Waals surface area (Å²) < 4.78 is 27.1. The van der Waals surface area contributed by atoms with Crippen molar-refractivity contribution in [1.82, 2.24) is 10.2 Å². The average molecular weight is 584 g/mol. The van der Waals surface area contributed by atoms with Crippen LogP contribution >= 0.6 is 11.6 Å². The number of rotatable bonds is 12. The lowest BCUT2D eigenvalue weighted by Gasteiger charge is -2.34. The maximum atomic E-state index is 14.2. The lowest BCUT2D eigenvalue weighted by atomic mass is 10.0. The Kier molecular flexibility index (Phi) is 10.8. The van der Waals surface area contributed by atoms with Crippen LogP contribution in [0.3, 0.4) is 0 Å². The van der Waals surface area contributed by atoms with Crippen LogP contribution in [0.1, 0.15) is 42.5 Å². The summed E-state index contributed by atoms with van der Waals surface area (Å²) in [6.45, 7) is 7.18. The van der Waals surface area contributed by atoms with Gasteiger partial charge in [0.1, 0.15) is 12.6 Å². The van der Waals surface area contributed by atoms with Crippen molar-refractivity contribution >= 4 is 39.1 Å². The van der Waals surface area contributed by atoms with Gasteiger partial charge in [-0.25, -0.2) is 8.42 Å². The highest BCUT2D eigenvalue weighted by Crippen LogP contribution is 2.25. The third-order valence-corrected chi connectivity index (χ3v) is 8.37. The zero-order valence-electron chi connectivity index (χ0n) is 23.7. The SMILES string of the molecule is CC[C@@H](C)NC(=O)[C@@H](Cc1ccccc1)N(Cc1ccccc1Cl)C(=O)CN(c1ccc(C)cc1C)S(C)(=O)=O. The number of sulfonamides is 1. The van der Waals surface area contributed by atoms with Crippen LogP contribution in [0.4, 0.5) is 5.69 Å². The molecule has 40 heavy (non-hydrogen) atoms. The zero-order valence-corrected chi connectivity index (χ0v) is 25.3. The summed E-state index contributed by atoms with van der Waals surface area (Å²) in [5, 5.41) is 3.47. The van der Waals surface area contributed by atoms with Gasteiger partial charge in [0.25, 0.3) is 0 Å². The van der Waals surface area contributed by atoms with E-state index in [1.807, 2.05) is 76.2 Å². The van der Waals surface area contributed by atoms with E-state index in [1.54, 1.807) is 24.3 Å². The van der Waals surface area contributed by atoms with Crippen LogP contribution in [0.15, 0.2) is 72.8 Å². The molecule has 0 aromatic heterocycles. The molecular weight excluding hydrogens is 546 g/mol. The summed E-state index contributed by atoms with van der Waals surface area (Å²) in [7, 11) is -3.83. The highest BCUT2D eigenvalue weighted by molar-refractivity contribution is 7.92. The fraction of sp³-hybridized carbons (Fsp3) is 0.355. The van der Waals surface area contributed by atoms with Crippen molar-refractivity contribution in [2.24, 2.45) is 0 Å². The van der Waals surface area contributed by atoms with E-state index in [0.29, 0.717) is 16.3 Å². The molecule has 0 spiro atoms. The van der Waals surface area contributed by atoms with Crippen LogP contribution < -0.4 is 9.62 Å². The van der Waals surface area contributed by atoms with Crippen LogP contribution in [0.25, 0.3) is 0 Å². The van der Waals surface area contributed by atoms with Gasteiger partial charge in [0.2, 0.25) is 21.8 Å². The molecule has 3 rings (SSSR count). The number of anilines is 1. The Morgan fingerprint density at radius 3 is 2.23 bits per heavy atom. The lowest BCUT2D eigenvalue weighted by Crippen LogP contribution is -2.54. The highest BCUT2D eigenvalue weighted by atomic mass is 35.5. The predicted molar refractivity (Wildman–Crippen MR) is 162 cm³/mol. The molecule has 0 aliphatic heterocycles. The number of carbonyl (C=O) groups excluding carboxylic acids is 2. The van der Waals surface area contributed by atoms with Gasteiger partial charge in [-0.3, -0.25) is 13.9 Å². The Bertz CT molecular complexity index is 1430. The molecule has 3 aromatic rings. The van der Waals surface area contributed by atoms with Crippen molar-refractivity contribution in [2.45, 2.75) is 59.2 Å². The molecule has 0 aliphatic carbocycles. The zero-order chi connectivity index (χ0) is 29.4. The number of halogens is 1. The third kappa shape index (κ3) is 8.32. The first-order valence-electron chi connectivity index (χ1n) is 13.3. The number of nitrogens with zero attached hydrogens (tertiary/aromatic N) is 2. The number of nitrogens with one attached hydrogen (secondary N) is 1. The quantitative estimate of drug-likeness (QED) is 0.314. The molecule has 0 radical (unpaired) electrons. The smallest absolute Gasteiger partial charge is 0.244 e. The number of amides is 2. The monoisotopic (exact) mass is 583 g/mol. The molecular formula is C31H38ClN3O4S. The molecule has 0 heterocycles. The predicted octanol–water partition coefficient (Wildman–Crippen LogP) is 5.28. The van der Waals surface area contributed by atoms with E-state index in [0.717, 1.165) is 33.7 Å². The van der Waals surface area contributed by atoms with Gasteiger partial charge in [-0.15, -0.1) is 0 Å². The number of benzene rings is 3. The Balaban J connectivity index is 2.09. The largest absolute Gasteiger partial charge is 0.352 e. The molecule has 0 bridgehead atoms. The first-order valence-corrected chi connectivity index (χ1v) is 15.6. The standard InChI is InChI=1S/C31H38ClN3O4S/c1-6-24(4)33-31(37)29(19-25-12-8-7-9-13-25)34(20-26-14-10-11-15-27(26)32)30(36)21-35(40(5,38)39)28-17-16-22(2)18-23(28)3/h7-18,24,29H,6,19-21H2,1-5H3,(H,33,37)/t24-,29-/m1/s1. The summed E-state index contributed by atoms with van der Waals surface area (Å²) in [4.78, 5) is 29.3. The molecule has 214 valence electrons. The van der Waals surface area contributed by atoms with Crippen molar-refractivity contribution in [3.05, 3.63) is 100 Å². The number of carbonyl (C=O) groups is 2. The van der Waals surface area contributed by atoms with Gasteiger partial charge >= 0.3 is 0 Å². The molecule has 0 saturated carbocycles. The van der Waals surface area contributed by atoms with Crippen molar-refractivity contribution in [2.75, 3.05) is 17.1 Å². The van der Waals surface area contributed by atoms with Crippen LogP contribution in [0, 0.1) is 13.8 Å². The fourth-order valence-electron chi connectivity index (χ4n) is 4.49. The Morgan fingerprint density at radius 2 is 1.62 bits per heavy atom. The van der Waals surface area contributed by atoms with E-state index in [2.05, 4.69) is 5.32 Å². The van der Waals surface area contributed by atoms with Crippen LogP contribution in [-0.2, 0) is 32.6 Å². The summed E-state index contributed by atoms with van der Waals surface area (Å²) >= 11 is 6.49. The van der Waals surface area contributed by atoms with Gasteiger partial charge in [-0.05, 0) is 56.0 Å². The minimum atomic E-state index is -3.83. The normalized spacial score (nSPS) is 12.8. The third-order valence-electron chi connectivity index (χ3n) is 6.87. The minimum absolute atomic E-state index is 0.0361. The van der Waals surface area contributed by atoms with Gasteiger partial charge in [0, 0.05) is 24.0 Å². The van der Waals surface area contributed by atoms with E-state index < -0.39 is 28.5 Å². The van der Waals surface area contributed by atoms with Gasteiger partial charge in [0.15, 0.2) is 0 Å². The minimum Gasteiger partial charge on any atom is -0.352 e. The molecule has 0 saturated heterocycles. The van der Waals surface area contributed by atoms with Crippen LogP contribution in [0.5, 0.6) is 0 Å². The summed E-state index contributed by atoms with van der Waals surface area (Å²) in [6.07, 6.45) is 2.05. The number of hydrogen-bond acceptors (Lipinski definition) is 4. The second-order valence-corrected chi connectivity index (χ2v) is 12.5. The van der Waals surface area contributed by atoms with E-state index in [9.17, 15) is 18.0 Å². The topological polar surface area (TPSA) is 86.8 Å². The molecule has 9 heteroatoms. The van der Waals surface area contributed by atoms with E-state index >= 15 is 0 Å².